The summed E-state index contributed by atoms with van der Waals surface area (Å²) in [6.07, 6.45) is 1.90. The van der Waals surface area contributed by atoms with Gasteiger partial charge in [-0.3, -0.25) is 4.79 Å². The number of sulfonamides is 1. The van der Waals surface area contributed by atoms with E-state index in [-0.39, 0.29) is 17.2 Å². The lowest BCUT2D eigenvalue weighted by atomic mass is 10.0. The van der Waals surface area contributed by atoms with Gasteiger partial charge in [0, 0.05) is 29.4 Å². The number of ketones is 1. The van der Waals surface area contributed by atoms with Gasteiger partial charge in [0.15, 0.2) is 5.78 Å². The predicted octanol–water partition coefficient (Wildman–Crippen LogP) is 4.36. The monoisotopic (exact) mass is 420 g/mol. The fourth-order valence-corrected chi connectivity index (χ4v) is 5.24. The highest BCUT2D eigenvalue weighted by atomic mass is 35.5. The largest absolute Gasteiger partial charge is 0.377 e. The summed E-state index contributed by atoms with van der Waals surface area (Å²) in [5.41, 5.74) is 2.03. The average Bonchev–Trinajstić information content (AvgIpc) is 2.69. The number of nitrogens with zero attached hydrogens (tertiary/aromatic N) is 1. The highest BCUT2D eigenvalue weighted by Crippen LogP contribution is 2.25. The molecule has 3 rings (SSSR count). The van der Waals surface area contributed by atoms with Gasteiger partial charge in [0.25, 0.3) is 0 Å². The summed E-state index contributed by atoms with van der Waals surface area (Å²) in [6.45, 7) is 5.05. The van der Waals surface area contributed by atoms with Gasteiger partial charge in [-0.05, 0) is 55.5 Å². The van der Waals surface area contributed by atoms with Gasteiger partial charge < -0.3 is 5.32 Å². The Balaban J connectivity index is 1.75. The van der Waals surface area contributed by atoms with Gasteiger partial charge in [-0.25, -0.2) is 8.42 Å². The number of hydrogen-bond donors (Lipinski definition) is 1. The molecule has 5 nitrogen and oxygen atoms in total. The van der Waals surface area contributed by atoms with E-state index in [1.54, 1.807) is 24.3 Å². The second kappa shape index (κ2) is 8.64. The van der Waals surface area contributed by atoms with Crippen LogP contribution in [0.3, 0.4) is 0 Å². The fourth-order valence-electron chi connectivity index (χ4n) is 3.42. The van der Waals surface area contributed by atoms with Crippen LogP contribution in [0.2, 0.25) is 5.02 Å². The summed E-state index contributed by atoms with van der Waals surface area (Å²) in [7, 11) is -3.59. The first-order chi connectivity index (χ1) is 13.3. The summed E-state index contributed by atoms with van der Waals surface area (Å²) in [5.74, 6) is 0.168. The Labute approximate surface area is 171 Å². The van der Waals surface area contributed by atoms with Gasteiger partial charge in [0.2, 0.25) is 10.0 Å². The van der Waals surface area contributed by atoms with Crippen LogP contribution in [-0.2, 0) is 10.0 Å². The third-order valence-electron chi connectivity index (χ3n) is 5.12. The topological polar surface area (TPSA) is 66.5 Å². The molecular weight excluding hydrogens is 396 g/mol. The molecule has 1 N–H and O–H groups in total. The first kappa shape index (κ1) is 20.8. The van der Waals surface area contributed by atoms with E-state index >= 15 is 0 Å². The molecule has 150 valence electrons. The van der Waals surface area contributed by atoms with E-state index in [0.29, 0.717) is 29.6 Å². The van der Waals surface area contributed by atoms with Crippen molar-refractivity contribution in [2.45, 2.75) is 31.6 Å². The van der Waals surface area contributed by atoms with Crippen LogP contribution in [0.1, 0.15) is 35.7 Å². The highest BCUT2D eigenvalue weighted by molar-refractivity contribution is 7.89. The van der Waals surface area contributed by atoms with Gasteiger partial charge in [0.05, 0.1) is 11.4 Å². The summed E-state index contributed by atoms with van der Waals surface area (Å²) in [5, 5.41) is 3.71. The lowest BCUT2D eigenvalue weighted by Gasteiger charge is -2.30. The number of piperidine rings is 1. The number of rotatable bonds is 6. The summed E-state index contributed by atoms with van der Waals surface area (Å²) in [4.78, 5) is 12.8. The SMILES string of the molecule is Cc1c(Cl)cccc1NCC(=O)c1cccc(S(=O)(=O)N2CCCC(C)C2)c1. The Morgan fingerprint density at radius 2 is 2.00 bits per heavy atom. The minimum Gasteiger partial charge on any atom is -0.377 e. The molecule has 1 saturated heterocycles. The molecule has 1 atom stereocenters. The quantitative estimate of drug-likeness (QED) is 0.705. The van der Waals surface area contributed by atoms with Crippen LogP contribution in [0.25, 0.3) is 0 Å². The highest BCUT2D eigenvalue weighted by Gasteiger charge is 2.29. The number of carbonyl (C=O) groups excluding carboxylic acids is 1. The molecule has 7 heteroatoms. The van der Waals surface area contributed by atoms with Crippen molar-refractivity contribution in [3.63, 3.8) is 0 Å². The Morgan fingerprint density at radius 3 is 2.75 bits per heavy atom. The predicted molar refractivity (Wildman–Crippen MR) is 113 cm³/mol. The van der Waals surface area contributed by atoms with Crippen LogP contribution >= 0.6 is 11.6 Å². The number of carbonyl (C=O) groups is 1. The molecule has 1 fully saturated rings. The lowest BCUT2D eigenvalue weighted by molar-refractivity contribution is 0.101. The van der Waals surface area contributed by atoms with Gasteiger partial charge in [-0.1, -0.05) is 36.7 Å². The average molecular weight is 421 g/mol. The zero-order chi connectivity index (χ0) is 20.3. The van der Waals surface area contributed by atoms with E-state index in [1.165, 1.54) is 10.4 Å². The van der Waals surface area contributed by atoms with Gasteiger partial charge in [0.1, 0.15) is 0 Å². The van der Waals surface area contributed by atoms with Gasteiger partial charge in [-0.2, -0.15) is 4.31 Å². The third kappa shape index (κ3) is 4.57. The molecular formula is C21H25ClN2O3S. The summed E-state index contributed by atoms with van der Waals surface area (Å²) >= 11 is 6.10. The fraction of sp³-hybridized carbons (Fsp3) is 0.381. The van der Waals surface area contributed by atoms with E-state index < -0.39 is 10.0 Å². The van der Waals surface area contributed by atoms with Crippen molar-refractivity contribution in [2.24, 2.45) is 5.92 Å². The number of anilines is 1. The molecule has 0 radical (unpaired) electrons. The van der Waals surface area contributed by atoms with Crippen LogP contribution in [0, 0.1) is 12.8 Å². The molecule has 2 aromatic carbocycles. The molecule has 0 amide bonds. The number of nitrogens with one attached hydrogen (secondary N) is 1. The molecule has 28 heavy (non-hydrogen) atoms. The number of Topliss-reactive ketones (excluding diaryl/α,β-unsaturated/α-hetero) is 1. The maximum absolute atomic E-state index is 13.0. The van der Waals surface area contributed by atoms with Crippen molar-refractivity contribution in [3.8, 4) is 0 Å². The number of hydrogen-bond acceptors (Lipinski definition) is 4. The van der Waals surface area contributed by atoms with Crippen molar-refractivity contribution in [3.05, 3.63) is 58.6 Å². The molecule has 0 aromatic heterocycles. The first-order valence-corrected chi connectivity index (χ1v) is 11.2. The van der Waals surface area contributed by atoms with Crippen LogP contribution in [0.4, 0.5) is 5.69 Å². The number of halogens is 1. The maximum atomic E-state index is 13.0. The molecule has 1 heterocycles. The minimum atomic E-state index is -3.59. The zero-order valence-corrected chi connectivity index (χ0v) is 17.7. The molecule has 1 unspecified atom stereocenters. The standard InChI is InChI=1S/C21H25ClN2O3S/c1-15-6-5-11-24(14-15)28(26,27)18-8-3-7-17(12-18)21(25)13-23-20-10-4-9-19(22)16(20)2/h3-4,7-10,12,15,23H,5-6,11,13-14H2,1-2H3. The molecule has 0 saturated carbocycles. The Kier molecular flexibility index (Phi) is 6.43. The normalized spacial score (nSPS) is 18.0. The second-order valence-corrected chi connectivity index (χ2v) is 9.67. The summed E-state index contributed by atoms with van der Waals surface area (Å²) in [6, 6.07) is 11.8. The van der Waals surface area contributed by atoms with E-state index in [0.717, 1.165) is 24.1 Å². The molecule has 2 aromatic rings. The van der Waals surface area contributed by atoms with E-state index in [1.807, 2.05) is 19.1 Å². The van der Waals surface area contributed by atoms with Crippen LogP contribution in [0.15, 0.2) is 47.4 Å². The Morgan fingerprint density at radius 1 is 1.25 bits per heavy atom. The Bertz CT molecular complexity index is 975. The number of benzene rings is 2. The van der Waals surface area contributed by atoms with Crippen LogP contribution in [0.5, 0.6) is 0 Å². The molecule has 0 aliphatic carbocycles. The third-order valence-corrected chi connectivity index (χ3v) is 7.39. The van der Waals surface area contributed by atoms with E-state index in [2.05, 4.69) is 12.2 Å². The smallest absolute Gasteiger partial charge is 0.243 e. The van der Waals surface area contributed by atoms with Gasteiger partial charge >= 0.3 is 0 Å². The Hall–Kier alpha value is -1.89. The second-order valence-electron chi connectivity index (χ2n) is 7.33. The molecule has 0 spiro atoms. The minimum absolute atomic E-state index is 0.0609. The summed E-state index contributed by atoms with van der Waals surface area (Å²) < 4.78 is 27.4. The van der Waals surface area contributed by atoms with E-state index in [9.17, 15) is 13.2 Å². The maximum Gasteiger partial charge on any atom is 0.243 e. The molecule has 0 bridgehead atoms. The van der Waals surface area contributed by atoms with Crippen LogP contribution in [-0.4, -0.2) is 38.1 Å². The van der Waals surface area contributed by atoms with Crippen molar-refractivity contribution < 1.29 is 13.2 Å². The molecule has 1 aliphatic rings. The van der Waals surface area contributed by atoms with Crippen molar-refractivity contribution in [2.75, 3.05) is 25.0 Å². The lowest BCUT2D eigenvalue weighted by Crippen LogP contribution is -2.39. The van der Waals surface area contributed by atoms with Crippen molar-refractivity contribution in [1.29, 1.82) is 0 Å². The van der Waals surface area contributed by atoms with Crippen LogP contribution < -0.4 is 5.32 Å². The van der Waals surface area contributed by atoms with Gasteiger partial charge in [-0.15, -0.1) is 0 Å². The zero-order valence-electron chi connectivity index (χ0n) is 16.1. The van der Waals surface area contributed by atoms with Crippen molar-refractivity contribution >= 4 is 33.1 Å². The van der Waals surface area contributed by atoms with Crippen molar-refractivity contribution in [1.82, 2.24) is 4.31 Å². The first-order valence-electron chi connectivity index (χ1n) is 9.41. The molecule has 1 aliphatic heterocycles. The van der Waals surface area contributed by atoms with E-state index in [4.69, 9.17) is 11.6 Å².